The number of nitro groups is 1. The highest BCUT2D eigenvalue weighted by molar-refractivity contribution is 6.03. The lowest BCUT2D eigenvalue weighted by Gasteiger charge is -2.26. The molecule has 1 unspecified atom stereocenters. The van der Waals surface area contributed by atoms with E-state index in [-0.39, 0.29) is 18.0 Å². The van der Waals surface area contributed by atoms with Crippen molar-refractivity contribution in [3.8, 4) is 11.5 Å². The van der Waals surface area contributed by atoms with E-state index in [2.05, 4.69) is 5.32 Å². The molecule has 118 valence electrons. The number of benzene rings is 2. The number of nitro benzene ring substituents is 1. The van der Waals surface area contributed by atoms with Crippen LogP contribution in [0.15, 0.2) is 36.4 Å². The van der Waals surface area contributed by atoms with Crippen LogP contribution in [-0.4, -0.2) is 22.9 Å². The molecule has 7 heteroatoms. The normalized spacial score (nSPS) is 16.4. The average Bonchev–Trinajstić information content (AvgIpc) is 2.54. The van der Waals surface area contributed by atoms with Gasteiger partial charge in [0.1, 0.15) is 0 Å². The molecule has 23 heavy (non-hydrogen) atoms. The van der Waals surface area contributed by atoms with Gasteiger partial charge in [0, 0.05) is 23.7 Å². The maximum Gasteiger partial charge on any atom is 0.315 e. The van der Waals surface area contributed by atoms with E-state index < -0.39 is 22.4 Å². The van der Waals surface area contributed by atoms with Crippen LogP contribution in [0.2, 0.25) is 0 Å². The molecular formula is C16H14N2O5. The first-order valence-electron chi connectivity index (χ1n) is 6.95. The number of ketones is 1. The number of methoxy groups -OCH3 is 1. The van der Waals surface area contributed by atoms with Crippen LogP contribution in [0.4, 0.5) is 11.4 Å². The topological polar surface area (TPSA) is 102 Å². The molecule has 0 amide bonds. The third kappa shape index (κ3) is 2.57. The summed E-state index contributed by atoms with van der Waals surface area (Å²) in [6, 6.07) is 9.45. The Morgan fingerprint density at radius 3 is 2.78 bits per heavy atom. The number of carbonyl (C=O) groups excluding carboxylic acids is 1. The smallest absolute Gasteiger partial charge is 0.315 e. The molecule has 2 N–H and O–H groups in total. The van der Waals surface area contributed by atoms with Gasteiger partial charge in [-0.3, -0.25) is 14.9 Å². The number of fused-ring (bicyclic) bond motifs is 1. The van der Waals surface area contributed by atoms with Crippen molar-refractivity contribution in [2.24, 2.45) is 0 Å². The zero-order chi connectivity index (χ0) is 16.6. The van der Waals surface area contributed by atoms with Gasteiger partial charge >= 0.3 is 5.69 Å². The largest absolute Gasteiger partial charge is 0.500 e. The number of nitrogens with zero attached hydrogens (tertiary/aromatic N) is 1. The summed E-state index contributed by atoms with van der Waals surface area (Å²) in [5.41, 5.74) is 1.34. The van der Waals surface area contributed by atoms with E-state index in [1.165, 1.54) is 19.2 Å². The summed E-state index contributed by atoms with van der Waals surface area (Å²) >= 11 is 0. The molecule has 1 heterocycles. The quantitative estimate of drug-likeness (QED) is 0.667. The summed E-state index contributed by atoms with van der Waals surface area (Å²) in [6.45, 7) is 0. The number of para-hydroxylation sites is 1. The van der Waals surface area contributed by atoms with Gasteiger partial charge in [-0.15, -0.1) is 0 Å². The Morgan fingerprint density at radius 2 is 2.09 bits per heavy atom. The fourth-order valence-corrected chi connectivity index (χ4v) is 2.70. The fourth-order valence-electron chi connectivity index (χ4n) is 2.70. The Morgan fingerprint density at radius 1 is 1.35 bits per heavy atom. The molecular weight excluding hydrogens is 300 g/mol. The van der Waals surface area contributed by atoms with Crippen LogP contribution >= 0.6 is 0 Å². The van der Waals surface area contributed by atoms with Crippen molar-refractivity contribution in [1.82, 2.24) is 0 Å². The molecule has 0 aromatic heterocycles. The van der Waals surface area contributed by atoms with Crippen LogP contribution in [0.1, 0.15) is 28.4 Å². The lowest BCUT2D eigenvalue weighted by Crippen LogP contribution is -2.22. The van der Waals surface area contributed by atoms with Gasteiger partial charge in [0.15, 0.2) is 11.5 Å². The molecule has 2 aromatic rings. The van der Waals surface area contributed by atoms with Gasteiger partial charge in [-0.1, -0.05) is 12.1 Å². The van der Waals surface area contributed by atoms with E-state index in [4.69, 9.17) is 4.74 Å². The summed E-state index contributed by atoms with van der Waals surface area (Å²) in [5.74, 6) is -0.565. The zero-order valence-corrected chi connectivity index (χ0v) is 12.3. The lowest BCUT2D eigenvalue weighted by atomic mass is 9.92. The Bertz CT molecular complexity index is 803. The first kappa shape index (κ1) is 14.8. The maximum atomic E-state index is 12.3. The molecule has 7 nitrogen and oxygen atoms in total. The highest BCUT2D eigenvalue weighted by Gasteiger charge is 2.28. The number of anilines is 1. The molecule has 1 aliphatic rings. The van der Waals surface area contributed by atoms with E-state index in [0.717, 1.165) is 0 Å². The summed E-state index contributed by atoms with van der Waals surface area (Å²) in [6.07, 6.45) is 0.169. The van der Waals surface area contributed by atoms with E-state index in [1.807, 2.05) is 0 Å². The minimum atomic E-state index is -0.681. The SMILES string of the molecule is COc1cc(C2CC(=O)c3ccccc3N2)cc([N+](=O)[O-])c1O. The van der Waals surface area contributed by atoms with Crippen molar-refractivity contribution in [3.63, 3.8) is 0 Å². The molecule has 3 rings (SSSR count). The van der Waals surface area contributed by atoms with Crippen LogP contribution in [0, 0.1) is 10.1 Å². The third-order valence-electron chi connectivity index (χ3n) is 3.84. The number of ether oxygens (including phenoxy) is 1. The molecule has 0 fully saturated rings. The van der Waals surface area contributed by atoms with E-state index >= 15 is 0 Å². The van der Waals surface area contributed by atoms with Crippen LogP contribution in [-0.2, 0) is 0 Å². The van der Waals surface area contributed by atoms with Gasteiger partial charge in [-0.2, -0.15) is 0 Å². The molecule has 2 aromatic carbocycles. The molecule has 0 aliphatic carbocycles. The number of carbonyl (C=O) groups is 1. The predicted octanol–water partition coefficient (Wildman–Crippen LogP) is 3.05. The van der Waals surface area contributed by atoms with Crippen molar-refractivity contribution in [3.05, 3.63) is 57.6 Å². The second-order valence-corrected chi connectivity index (χ2v) is 5.22. The van der Waals surface area contributed by atoms with E-state index in [0.29, 0.717) is 16.8 Å². The number of nitrogens with one attached hydrogen (secondary N) is 1. The second kappa shape index (κ2) is 5.60. The van der Waals surface area contributed by atoms with Crippen LogP contribution in [0.3, 0.4) is 0 Å². The Balaban J connectivity index is 2.05. The van der Waals surface area contributed by atoms with Gasteiger partial charge in [0.05, 0.1) is 18.1 Å². The summed E-state index contributed by atoms with van der Waals surface area (Å²) in [5, 5.41) is 24.1. The second-order valence-electron chi connectivity index (χ2n) is 5.22. The van der Waals surface area contributed by atoms with Crippen molar-refractivity contribution in [2.45, 2.75) is 12.5 Å². The molecule has 0 saturated heterocycles. The number of phenols is 1. The summed E-state index contributed by atoms with van der Waals surface area (Å²) in [4.78, 5) is 22.7. The van der Waals surface area contributed by atoms with Crippen LogP contribution in [0.25, 0.3) is 0 Å². The molecule has 1 atom stereocenters. The molecule has 1 aliphatic heterocycles. The standard InChI is InChI=1S/C16H14N2O5/c1-23-15-7-9(6-13(16(15)20)18(21)22)12-8-14(19)10-4-2-3-5-11(10)17-12/h2-7,12,17,20H,8H2,1H3. The number of phenolic OH excluding ortho intramolecular Hbond substituents is 1. The molecule has 0 radical (unpaired) electrons. The monoisotopic (exact) mass is 314 g/mol. The van der Waals surface area contributed by atoms with E-state index in [9.17, 15) is 20.0 Å². The minimum Gasteiger partial charge on any atom is -0.500 e. The lowest BCUT2D eigenvalue weighted by molar-refractivity contribution is -0.386. The van der Waals surface area contributed by atoms with Gasteiger partial charge < -0.3 is 15.2 Å². The van der Waals surface area contributed by atoms with Crippen molar-refractivity contribution < 1.29 is 19.6 Å². The summed E-state index contributed by atoms with van der Waals surface area (Å²) < 4.78 is 5.00. The highest BCUT2D eigenvalue weighted by atomic mass is 16.6. The predicted molar refractivity (Wildman–Crippen MR) is 83.1 cm³/mol. The Labute approximate surface area is 131 Å². The number of aromatic hydroxyl groups is 1. The first-order valence-corrected chi connectivity index (χ1v) is 6.95. The number of hydrogen-bond acceptors (Lipinski definition) is 6. The van der Waals surface area contributed by atoms with Gasteiger partial charge in [0.25, 0.3) is 0 Å². The van der Waals surface area contributed by atoms with Crippen LogP contribution < -0.4 is 10.1 Å². The Kier molecular flexibility index (Phi) is 3.61. The molecule has 0 bridgehead atoms. The van der Waals surface area contributed by atoms with Gasteiger partial charge in [-0.05, 0) is 23.8 Å². The Hall–Kier alpha value is -3.09. The molecule has 0 saturated carbocycles. The third-order valence-corrected chi connectivity index (χ3v) is 3.84. The van der Waals surface area contributed by atoms with Crippen molar-refractivity contribution in [1.29, 1.82) is 0 Å². The van der Waals surface area contributed by atoms with Crippen molar-refractivity contribution >= 4 is 17.2 Å². The number of hydrogen-bond donors (Lipinski definition) is 2. The van der Waals surface area contributed by atoms with E-state index in [1.54, 1.807) is 24.3 Å². The van der Waals surface area contributed by atoms with Crippen LogP contribution in [0.5, 0.6) is 11.5 Å². The van der Waals surface area contributed by atoms with Gasteiger partial charge in [-0.25, -0.2) is 0 Å². The maximum absolute atomic E-state index is 12.3. The number of Topliss-reactive ketones (excluding diaryl/α,β-unsaturated/α-hetero) is 1. The fraction of sp³-hybridized carbons (Fsp3) is 0.188. The highest BCUT2D eigenvalue weighted by Crippen LogP contribution is 2.41. The molecule has 0 spiro atoms. The zero-order valence-electron chi connectivity index (χ0n) is 12.3. The van der Waals surface area contributed by atoms with Crippen molar-refractivity contribution in [2.75, 3.05) is 12.4 Å². The number of rotatable bonds is 3. The average molecular weight is 314 g/mol. The first-order chi connectivity index (χ1) is 11.0. The van der Waals surface area contributed by atoms with Gasteiger partial charge in [0.2, 0.25) is 5.75 Å². The minimum absolute atomic E-state index is 0.00214. The summed E-state index contributed by atoms with van der Waals surface area (Å²) in [7, 11) is 1.32.